The summed E-state index contributed by atoms with van der Waals surface area (Å²) in [6.07, 6.45) is 6.82. The number of nitrogens with zero attached hydrogens (tertiary/aromatic N) is 1. The van der Waals surface area contributed by atoms with Gasteiger partial charge in [-0.15, -0.1) is 0 Å². The molecule has 0 radical (unpaired) electrons. The Morgan fingerprint density at radius 2 is 1.60 bits per heavy atom. The second kappa shape index (κ2) is 4.46. The van der Waals surface area contributed by atoms with Gasteiger partial charge in [-0.2, -0.15) is 0 Å². The van der Waals surface area contributed by atoms with Crippen molar-refractivity contribution in [2.24, 2.45) is 23.7 Å². The lowest BCUT2D eigenvalue weighted by atomic mass is 9.68. The van der Waals surface area contributed by atoms with Crippen LogP contribution in [0.3, 0.4) is 0 Å². The van der Waals surface area contributed by atoms with Crippen LogP contribution in [0.4, 0.5) is 0 Å². The Hall–Kier alpha value is -0.580. The third-order valence-electron chi connectivity index (χ3n) is 5.97. The molecule has 0 aromatic carbocycles. The van der Waals surface area contributed by atoms with Crippen LogP contribution in [0, 0.1) is 23.7 Å². The van der Waals surface area contributed by atoms with Crippen LogP contribution < -0.4 is 0 Å². The second-order valence-electron chi connectivity index (χ2n) is 7.52. The Labute approximate surface area is 120 Å². The van der Waals surface area contributed by atoms with Crippen LogP contribution in [-0.4, -0.2) is 43.3 Å². The molecule has 0 aromatic heterocycles. The van der Waals surface area contributed by atoms with Crippen molar-refractivity contribution in [3.8, 4) is 0 Å². The van der Waals surface area contributed by atoms with Crippen LogP contribution >= 0.6 is 0 Å². The highest BCUT2D eigenvalue weighted by Crippen LogP contribution is 2.47. The zero-order valence-corrected chi connectivity index (χ0v) is 12.6. The number of carbonyl (C=O) groups is 1. The summed E-state index contributed by atoms with van der Waals surface area (Å²) >= 11 is 0. The molecule has 3 unspecified atom stereocenters. The molecule has 3 saturated heterocycles. The first-order valence-electron chi connectivity index (χ1n) is 8.01. The summed E-state index contributed by atoms with van der Waals surface area (Å²) in [5, 5.41) is 0. The summed E-state index contributed by atoms with van der Waals surface area (Å²) in [5.74, 6) is 2.50. The molecule has 4 nitrogen and oxygen atoms in total. The van der Waals surface area contributed by atoms with Crippen molar-refractivity contribution >= 4 is 15.7 Å². The summed E-state index contributed by atoms with van der Waals surface area (Å²) in [6.45, 7) is 0.896. The first-order chi connectivity index (χ1) is 9.50. The highest BCUT2D eigenvalue weighted by atomic mass is 32.2. The molecule has 0 N–H and O–H groups in total. The lowest BCUT2D eigenvalue weighted by Crippen LogP contribution is -2.45. The van der Waals surface area contributed by atoms with Gasteiger partial charge in [0, 0.05) is 12.6 Å². The Bertz CT molecular complexity index is 515. The fourth-order valence-electron chi connectivity index (χ4n) is 5.28. The first-order valence-corrected chi connectivity index (χ1v) is 9.83. The topological polar surface area (TPSA) is 54.5 Å². The summed E-state index contributed by atoms with van der Waals surface area (Å²) in [4.78, 5) is 14.9. The van der Waals surface area contributed by atoms with Gasteiger partial charge < -0.3 is 4.90 Å². The van der Waals surface area contributed by atoms with E-state index < -0.39 is 9.84 Å². The predicted molar refractivity (Wildman–Crippen MR) is 75.8 cm³/mol. The van der Waals surface area contributed by atoms with Crippen molar-refractivity contribution in [2.75, 3.05) is 18.1 Å². The summed E-state index contributed by atoms with van der Waals surface area (Å²) in [7, 11) is -2.96. The molecule has 5 rings (SSSR count). The third-order valence-corrected chi connectivity index (χ3v) is 7.74. The first kappa shape index (κ1) is 13.1. The Morgan fingerprint density at radius 3 is 2.20 bits per heavy atom. The van der Waals surface area contributed by atoms with E-state index in [4.69, 9.17) is 0 Å². The lowest BCUT2D eigenvalue weighted by Gasteiger charge is -2.39. The minimum absolute atomic E-state index is 0.0899. The van der Waals surface area contributed by atoms with Gasteiger partial charge in [0.15, 0.2) is 9.84 Å². The van der Waals surface area contributed by atoms with E-state index >= 15 is 0 Å². The van der Waals surface area contributed by atoms with Crippen LogP contribution in [0.2, 0.25) is 0 Å². The fraction of sp³-hybridized carbons (Fsp3) is 0.933. The molecule has 2 saturated carbocycles. The second-order valence-corrected chi connectivity index (χ2v) is 9.75. The molecule has 5 heteroatoms. The molecule has 3 atom stereocenters. The minimum atomic E-state index is -2.96. The highest BCUT2D eigenvalue weighted by molar-refractivity contribution is 7.91. The number of hydrogen-bond donors (Lipinski definition) is 0. The molecule has 2 aliphatic carbocycles. The van der Waals surface area contributed by atoms with Crippen LogP contribution in [0.25, 0.3) is 0 Å². The number of rotatable bonds is 1. The average molecular weight is 297 g/mol. The van der Waals surface area contributed by atoms with Gasteiger partial charge in [-0.25, -0.2) is 8.42 Å². The molecule has 1 amide bonds. The summed E-state index contributed by atoms with van der Waals surface area (Å²) < 4.78 is 23.2. The largest absolute Gasteiger partial charge is 0.339 e. The van der Waals surface area contributed by atoms with Crippen LogP contribution in [0.15, 0.2) is 0 Å². The normalized spacial score (nSPS) is 45.6. The maximum Gasteiger partial charge on any atom is 0.226 e. The van der Waals surface area contributed by atoms with Gasteiger partial charge in [0.1, 0.15) is 0 Å². The van der Waals surface area contributed by atoms with E-state index in [1.807, 2.05) is 0 Å². The molecular weight excluding hydrogens is 274 g/mol. The average Bonchev–Trinajstić information content (AvgIpc) is 2.62. The van der Waals surface area contributed by atoms with E-state index in [2.05, 4.69) is 4.90 Å². The molecule has 0 spiro atoms. The summed E-state index contributed by atoms with van der Waals surface area (Å²) in [6, 6.07) is 0.405. The van der Waals surface area contributed by atoms with Gasteiger partial charge in [-0.3, -0.25) is 4.79 Å². The maximum absolute atomic E-state index is 12.8. The number of fused-ring (bicyclic) bond motifs is 1. The highest BCUT2D eigenvalue weighted by Gasteiger charge is 2.46. The minimum Gasteiger partial charge on any atom is -0.339 e. The molecule has 5 fully saturated rings. The van der Waals surface area contributed by atoms with Crippen molar-refractivity contribution in [1.82, 2.24) is 4.90 Å². The Balaban J connectivity index is 1.55. The number of sulfone groups is 1. The van der Waals surface area contributed by atoms with Crippen LogP contribution in [0.1, 0.15) is 38.5 Å². The van der Waals surface area contributed by atoms with E-state index in [-0.39, 0.29) is 23.3 Å². The number of amides is 1. The monoisotopic (exact) mass is 297 g/mol. The molecule has 4 bridgehead atoms. The van der Waals surface area contributed by atoms with Crippen LogP contribution in [-0.2, 0) is 14.6 Å². The van der Waals surface area contributed by atoms with Crippen molar-refractivity contribution in [1.29, 1.82) is 0 Å². The SMILES string of the molecule is O=C(C1CCS(=O)(=O)C1)N1CC2CC3CC(C2)CC1C3. The molecule has 3 aliphatic heterocycles. The molecule has 5 aliphatic rings. The Morgan fingerprint density at radius 1 is 0.950 bits per heavy atom. The lowest BCUT2D eigenvalue weighted by molar-refractivity contribution is -0.137. The zero-order valence-electron chi connectivity index (χ0n) is 11.8. The van der Waals surface area contributed by atoms with Crippen molar-refractivity contribution in [3.05, 3.63) is 0 Å². The fourth-order valence-corrected chi connectivity index (χ4v) is 7.01. The van der Waals surface area contributed by atoms with Gasteiger partial charge >= 0.3 is 0 Å². The van der Waals surface area contributed by atoms with Gasteiger partial charge in [0.25, 0.3) is 0 Å². The van der Waals surface area contributed by atoms with Crippen molar-refractivity contribution in [2.45, 2.75) is 44.6 Å². The molecule has 0 aromatic rings. The number of hydrogen-bond acceptors (Lipinski definition) is 3. The van der Waals surface area contributed by atoms with Crippen molar-refractivity contribution < 1.29 is 13.2 Å². The molecular formula is C15H23NO3S. The quantitative estimate of drug-likeness (QED) is 0.736. The molecule has 3 heterocycles. The smallest absolute Gasteiger partial charge is 0.226 e. The van der Waals surface area contributed by atoms with E-state index in [0.29, 0.717) is 18.4 Å². The molecule has 20 heavy (non-hydrogen) atoms. The maximum atomic E-state index is 12.8. The standard InChI is InChI=1S/C15H23NO3S/c17-15(13-1-2-20(18,19)9-13)16-8-12-4-10-3-11(5-12)7-14(16)6-10/h10-14H,1-9H2. The van der Waals surface area contributed by atoms with E-state index in [9.17, 15) is 13.2 Å². The Kier molecular flexibility index (Phi) is 2.92. The van der Waals surface area contributed by atoms with Gasteiger partial charge in [-0.05, 0) is 56.3 Å². The van der Waals surface area contributed by atoms with Gasteiger partial charge in [-0.1, -0.05) is 0 Å². The predicted octanol–water partition coefficient (Wildman–Crippen LogP) is 1.46. The van der Waals surface area contributed by atoms with Crippen molar-refractivity contribution in [3.63, 3.8) is 0 Å². The van der Waals surface area contributed by atoms with Crippen LogP contribution in [0.5, 0.6) is 0 Å². The summed E-state index contributed by atoms with van der Waals surface area (Å²) in [5.41, 5.74) is 0. The van der Waals surface area contributed by atoms with E-state index in [1.54, 1.807) is 0 Å². The zero-order chi connectivity index (χ0) is 13.9. The van der Waals surface area contributed by atoms with E-state index in [0.717, 1.165) is 31.2 Å². The molecule has 112 valence electrons. The van der Waals surface area contributed by atoms with Gasteiger partial charge in [0.2, 0.25) is 5.91 Å². The van der Waals surface area contributed by atoms with E-state index in [1.165, 1.54) is 19.3 Å². The van der Waals surface area contributed by atoms with Gasteiger partial charge in [0.05, 0.1) is 17.4 Å². The number of carbonyl (C=O) groups excluding carboxylic acids is 1. The third kappa shape index (κ3) is 2.18.